The molecule has 5 heteroatoms. The van der Waals surface area contributed by atoms with Gasteiger partial charge in [-0.3, -0.25) is 4.79 Å². The molecule has 0 bridgehead atoms. The second-order valence-electron chi connectivity index (χ2n) is 5.88. The quantitative estimate of drug-likeness (QED) is 0.451. The average molecular weight is 330 g/mol. The van der Waals surface area contributed by atoms with Gasteiger partial charge in [0.25, 0.3) is 5.91 Å². The zero-order valence-corrected chi connectivity index (χ0v) is 15.1. The van der Waals surface area contributed by atoms with Crippen molar-refractivity contribution in [2.75, 3.05) is 27.4 Å². The van der Waals surface area contributed by atoms with E-state index in [1.807, 2.05) is 25.1 Å². The van der Waals surface area contributed by atoms with E-state index in [1.165, 1.54) is 0 Å². The predicted molar refractivity (Wildman–Crippen MR) is 94.9 cm³/mol. The van der Waals surface area contributed by atoms with E-state index < -0.39 is 0 Å². The maximum atomic E-state index is 12.1. The van der Waals surface area contributed by atoms with Crippen molar-refractivity contribution in [3.05, 3.63) is 34.4 Å². The number of hydrogen-bond acceptors (Lipinski definition) is 4. The fourth-order valence-corrected chi connectivity index (χ4v) is 2.32. The normalized spacial score (nSPS) is 11.3. The van der Waals surface area contributed by atoms with Gasteiger partial charge in [-0.05, 0) is 54.2 Å². The summed E-state index contributed by atoms with van der Waals surface area (Å²) in [6.45, 7) is 7.14. The average Bonchev–Trinajstić information content (AvgIpc) is 2.56. The van der Waals surface area contributed by atoms with Crippen LogP contribution in [0.4, 0.5) is 0 Å². The van der Waals surface area contributed by atoms with Gasteiger partial charge in [0.15, 0.2) is 0 Å². The summed E-state index contributed by atoms with van der Waals surface area (Å²) in [4.78, 5) is 12.1. The lowest BCUT2D eigenvalue weighted by molar-refractivity contribution is -0.117. The van der Waals surface area contributed by atoms with Crippen molar-refractivity contribution >= 4 is 12.0 Å². The molecule has 24 heavy (non-hydrogen) atoms. The Hall–Kier alpha value is -2.32. The summed E-state index contributed by atoms with van der Waals surface area (Å²) >= 11 is 0. The number of nitriles is 1. The van der Waals surface area contributed by atoms with Crippen LogP contribution in [0.5, 0.6) is 5.75 Å². The lowest BCUT2D eigenvalue weighted by atomic mass is 9.95. The van der Waals surface area contributed by atoms with Crippen LogP contribution in [-0.4, -0.2) is 33.3 Å². The van der Waals surface area contributed by atoms with Gasteiger partial charge in [-0.25, -0.2) is 0 Å². The maximum absolute atomic E-state index is 12.1. The van der Waals surface area contributed by atoms with Crippen molar-refractivity contribution < 1.29 is 14.3 Å². The third-order valence-corrected chi connectivity index (χ3v) is 3.72. The molecule has 0 aliphatic rings. The van der Waals surface area contributed by atoms with Gasteiger partial charge in [-0.2, -0.15) is 5.26 Å². The van der Waals surface area contributed by atoms with Gasteiger partial charge < -0.3 is 14.8 Å². The number of aryl methyl sites for hydroxylation is 1. The number of methoxy groups -OCH3 is 2. The number of benzene rings is 1. The van der Waals surface area contributed by atoms with Gasteiger partial charge in [0, 0.05) is 20.3 Å². The maximum Gasteiger partial charge on any atom is 0.261 e. The highest BCUT2D eigenvalue weighted by Gasteiger charge is 2.13. The van der Waals surface area contributed by atoms with Crippen LogP contribution in [0, 0.1) is 18.3 Å². The van der Waals surface area contributed by atoms with E-state index in [0.29, 0.717) is 19.6 Å². The van der Waals surface area contributed by atoms with Crippen LogP contribution in [0.25, 0.3) is 6.08 Å². The van der Waals surface area contributed by atoms with E-state index in [0.717, 1.165) is 22.4 Å². The molecule has 0 radical (unpaired) electrons. The first-order chi connectivity index (χ1) is 11.4. The molecule has 0 aliphatic carbocycles. The van der Waals surface area contributed by atoms with E-state index in [4.69, 9.17) is 9.47 Å². The monoisotopic (exact) mass is 330 g/mol. The Morgan fingerprint density at radius 1 is 1.38 bits per heavy atom. The van der Waals surface area contributed by atoms with E-state index in [2.05, 4.69) is 19.2 Å². The van der Waals surface area contributed by atoms with Crippen molar-refractivity contribution in [2.24, 2.45) is 0 Å². The Bertz CT molecular complexity index is 643. The second kappa shape index (κ2) is 9.74. The molecule has 0 spiro atoms. The number of carbonyl (C=O) groups excluding carboxylic acids is 1. The number of nitrogens with zero attached hydrogens (tertiary/aromatic N) is 1. The van der Waals surface area contributed by atoms with Crippen LogP contribution in [0.3, 0.4) is 0 Å². The zero-order chi connectivity index (χ0) is 18.1. The molecule has 0 atom stereocenters. The Morgan fingerprint density at radius 2 is 2.08 bits per heavy atom. The highest BCUT2D eigenvalue weighted by Crippen LogP contribution is 2.30. The molecular weight excluding hydrogens is 304 g/mol. The highest BCUT2D eigenvalue weighted by molar-refractivity contribution is 6.01. The van der Waals surface area contributed by atoms with Gasteiger partial charge in [-0.1, -0.05) is 13.8 Å². The van der Waals surface area contributed by atoms with Gasteiger partial charge in [0.1, 0.15) is 17.4 Å². The third-order valence-electron chi connectivity index (χ3n) is 3.72. The molecule has 0 heterocycles. The molecule has 0 aromatic heterocycles. The molecule has 0 saturated carbocycles. The van der Waals surface area contributed by atoms with Crippen LogP contribution in [0.15, 0.2) is 17.7 Å². The number of carbonyl (C=O) groups is 1. The lowest BCUT2D eigenvalue weighted by Gasteiger charge is -2.15. The second-order valence-corrected chi connectivity index (χ2v) is 5.88. The van der Waals surface area contributed by atoms with Gasteiger partial charge in [0.2, 0.25) is 0 Å². The number of amides is 1. The van der Waals surface area contributed by atoms with Crippen molar-refractivity contribution in [1.29, 1.82) is 5.26 Å². The predicted octanol–water partition coefficient (Wildman–Crippen LogP) is 3.19. The summed E-state index contributed by atoms with van der Waals surface area (Å²) in [5.74, 6) is 0.734. The number of rotatable bonds is 8. The van der Waals surface area contributed by atoms with Gasteiger partial charge in [-0.15, -0.1) is 0 Å². The van der Waals surface area contributed by atoms with E-state index >= 15 is 0 Å². The largest absolute Gasteiger partial charge is 0.496 e. The third kappa shape index (κ3) is 5.39. The fraction of sp³-hybridized carbons (Fsp3) is 0.474. The minimum Gasteiger partial charge on any atom is -0.496 e. The Kier molecular flexibility index (Phi) is 8.00. The number of hydrogen-bond donors (Lipinski definition) is 1. The summed E-state index contributed by atoms with van der Waals surface area (Å²) in [5, 5.41) is 12.0. The van der Waals surface area contributed by atoms with Crippen LogP contribution in [0.2, 0.25) is 0 Å². The molecule has 1 aromatic rings. The van der Waals surface area contributed by atoms with Crippen LogP contribution in [-0.2, 0) is 9.53 Å². The summed E-state index contributed by atoms with van der Waals surface area (Å²) in [6, 6.07) is 5.90. The zero-order valence-electron chi connectivity index (χ0n) is 15.1. The highest BCUT2D eigenvalue weighted by atomic mass is 16.5. The molecule has 130 valence electrons. The molecule has 5 nitrogen and oxygen atoms in total. The van der Waals surface area contributed by atoms with E-state index in [9.17, 15) is 10.1 Å². The smallest absolute Gasteiger partial charge is 0.261 e. The van der Waals surface area contributed by atoms with Crippen molar-refractivity contribution in [3.63, 3.8) is 0 Å². The van der Waals surface area contributed by atoms with Crippen LogP contribution in [0.1, 0.15) is 42.9 Å². The Balaban J connectivity index is 3.06. The molecule has 1 N–H and O–H groups in total. The standard InChI is InChI=1S/C19H26N2O3/c1-13(2)17-11-15(14(3)9-18(17)24-5)10-16(12-20)19(22)21-7-6-8-23-4/h9-11,13H,6-8H2,1-5H3,(H,21,22)/b16-10+. The molecule has 0 fully saturated rings. The molecule has 1 amide bonds. The minimum atomic E-state index is -0.366. The molecular formula is C19H26N2O3. The Morgan fingerprint density at radius 3 is 2.62 bits per heavy atom. The number of ether oxygens (including phenoxy) is 2. The molecule has 0 unspecified atom stereocenters. The van der Waals surface area contributed by atoms with Crippen molar-refractivity contribution in [1.82, 2.24) is 5.32 Å². The summed E-state index contributed by atoms with van der Waals surface area (Å²) in [6.07, 6.45) is 2.34. The summed E-state index contributed by atoms with van der Waals surface area (Å²) in [5.41, 5.74) is 2.95. The molecule has 1 aromatic carbocycles. The first kappa shape index (κ1) is 19.7. The fourth-order valence-electron chi connectivity index (χ4n) is 2.32. The summed E-state index contributed by atoms with van der Waals surface area (Å²) in [7, 11) is 3.26. The van der Waals surface area contributed by atoms with Crippen LogP contribution < -0.4 is 10.1 Å². The lowest BCUT2D eigenvalue weighted by Crippen LogP contribution is -2.26. The topological polar surface area (TPSA) is 71.3 Å². The Labute approximate surface area is 144 Å². The molecule has 0 saturated heterocycles. The van der Waals surface area contributed by atoms with Crippen molar-refractivity contribution in [2.45, 2.75) is 33.1 Å². The number of nitrogens with one attached hydrogen (secondary N) is 1. The van der Waals surface area contributed by atoms with Crippen molar-refractivity contribution in [3.8, 4) is 11.8 Å². The van der Waals surface area contributed by atoms with Gasteiger partial charge in [0.05, 0.1) is 7.11 Å². The first-order valence-electron chi connectivity index (χ1n) is 8.02. The minimum absolute atomic E-state index is 0.0930. The van der Waals surface area contributed by atoms with Crippen LogP contribution >= 0.6 is 0 Å². The van der Waals surface area contributed by atoms with E-state index in [1.54, 1.807) is 20.3 Å². The summed E-state index contributed by atoms with van der Waals surface area (Å²) < 4.78 is 10.4. The molecule has 1 rings (SSSR count). The molecule has 0 aliphatic heterocycles. The first-order valence-corrected chi connectivity index (χ1v) is 8.02. The SMILES string of the molecule is COCCCNC(=O)/C(C#N)=C/c1cc(C(C)C)c(OC)cc1C. The van der Waals surface area contributed by atoms with Gasteiger partial charge >= 0.3 is 0 Å². The van der Waals surface area contributed by atoms with E-state index in [-0.39, 0.29) is 17.4 Å².